The van der Waals surface area contributed by atoms with E-state index in [1.807, 2.05) is 32.0 Å². The van der Waals surface area contributed by atoms with E-state index in [9.17, 15) is 9.59 Å². The topological polar surface area (TPSA) is 73.9 Å². The van der Waals surface area contributed by atoms with Gasteiger partial charge in [-0.05, 0) is 38.5 Å². The number of esters is 1. The van der Waals surface area contributed by atoms with Crippen LogP contribution < -0.4 is 14.8 Å². The molecule has 1 heterocycles. The molecular formula is C25H24ClNO5. The molecule has 0 saturated heterocycles. The number of fused-ring (bicyclic) bond motifs is 2. The van der Waals surface area contributed by atoms with Crippen molar-refractivity contribution >= 4 is 29.1 Å². The number of dihydropyridines is 1. The van der Waals surface area contributed by atoms with Gasteiger partial charge in [0.1, 0.15) is 0 Å². The maximum atomic E-state index is 13.5. The molecule has 1 unspecified atom stereocenters. The Labute approximate surface area is 191 Å². The van der Waals surface area contributed by atoms with Gasteiger partial charge in [0.15, 0.2) is 17.3 Å². The lowest BCUT2D eigenvalue weighted by atomic mass is 9.79. The predicted octanol–water partition coefficient (Wildman–Crippen LogP) is 4.88. The number of ether oxygens (including phenoxy) is 3. The Bertz CT molecular complexity index is 1180. The van der Waals surface area contributed by atoms with Gasteiger partial charge in [-0.1, -0.05) is 35.9 Å². The Hall–Kier alpha value is -3.25. The van der Waals surface area contributed by atoms with Gasteiger partial charge in [0.2, 0.25) is 0 Å². The molecule has 166 valence electrons. The van der Waals surface area contributed by atoms with Gasteiger partial charge in [0, 0.05) is 28.3 Å². The van der Waals surface area contributed by atoms with Gasteiger partial charge in [-0.2, -0.15) is 0 Å². The van der Waals surface area contributed by atoms with Crippen molar-refractivity contribution < 1.29 is 23.8 Å². The average molecular weight is 454 g/mol. The van der Waals surface area contributed by atoms with Gasteiger partial charge in [0.25, 0.3) is 0 Å². The van der Waals surface area contributed by atoms with Crippen LogP contribution in [0.25, 0.3) is 5.70 Å². The van der Waals surface area contributed by atoms with Crippen LogP contribution in [-0.2, 0) is 9.53 Å². The molecular weight excluding hydrogens is 430 g/mol. The molecule has 1 atom stereocenters. The van der Waals surface area contributed by atoms with Gasteiger partial charge in [-0.25, -0.2) is 4.79 Å². The van der Waals surface area contributed by atoms with Crippen LogP contribution in [0.15, 0.2) is 53.2 Å². The van der Waals surface area contributed by atoms with Crippen molar-refractivity contribution in [2.45, 2.75) is 26.7 Å². The highest BCUT2D eigenvalue weighted by molar-refractivity contribution is 6.32. The zero-order valence-electron chi connectivity index (χ0n) is 18.4. The van der Waals surface area contributed by atoms with E-state index in [-0.39, 0.29) is 12.4 Å². The molecule has 2 aromatic rings. The Balaban J connectivity index is 1.96. The molecule has 4 rings (SSSR count). The van der Waals surface area contributed by atoms with Crippen LogP contribution in [0.3, 0.4) is 0 Å². The van der Waals surface area contributed by atoms with E-state index in [1.54, 1.807) is 25.1 Å². The number of ketones is 1. The molecule has 2 aromatic carbocycles. The second-order valence-electron chi connectivity index (χ2n) is 7.45. The lowest BCUT2D eigenvalue weighted by molar-refractivity contribution is -0.138. The van der Waals surface area contributed by atoms with Crippen molar-refractivity contribution in [1.29, 1.82) is 0 Å². The number of methoxy groups -OCH3 is 1. The third kappa shape index (κ3) is 3.45. The van der Waals surface area contributed by atoms with E-state index in [2.05, 4.69) is 5.32 Å². The van der Waals surface area contributed by atoms with Gasteiger partial charge in [-0.3, -0.25) is 4.79 Å². The van der Waals surface area contributed by atoms with E-state index >= 15 is 0 Å². The van der Waals surface area contributed by atoms with Gasteiger partial charge < -0.3 is 19.5 Å². The summed E-state index contributed by atoms with van der Waals surface area (Å²) in [5, 5.41) is 3.61. The van der Waals surface area contributed by atoms with Crippen molar-refractivity contribution in [3.05, 3.63) is 75.0 Å². The smallest absolute Gasteiger partial charge is 0.336 e. The average Bonchev–Trinajstić information content (AvgIpc) is 3.05. The van der Waals surface area contributed by atoms with E-state index in [0.29, 0.717) is 56.8 Å². The number of hydrogen-bond acceptors (Lipinski definition) is 6. The zero-order chi connectivity index (χ0) is 23.0. The number of benzene rings is 2. The standard InChI is InChI=1S/C25H24ClNO5/c1-5-31-18-12-14(11-17(26)24(18)30-4)20-19(25(29)32-6-2)13(3)27-22-15-9-7-8-10-16(15)23(28)21(20)22/h7-12,20,27H,5-6H2,1-4H3. The monoisotopic (exact) mass is 453 g/mol. The zero-order valence-corrected chi connectivity index (χ0v) is 19.1. The first-order valence-electron chi connectivity index (χ1n) is 10.5. The fourth-order valence-corrected chi connectivity index (χ4v) is 4.65. The normalized spacial score (nSPS) is 17.0. The van der Waals surface area contributed by atoms with E-state index in [4.69, 9.17) is 25.8 Å². The number of Topliss-reactive ketones (excluding diaryl/α,β-unsaturated/α-hetero) is 1. The molecule has 0 amide bonds. The summed E-state index contributed by atoms with van der Waals surface area (Å²) in [7, 11) is 1.51. The lowest BCUT2D eigenvalue weighted by Gasteiger charge is -2.29. The summed E-state index contributed by atoms with van der Waals surface area (Å²) in [6, 6.07) is 10.9. The molecule has 1 N–H and O–H groups in total. The highest BCUT2D eigenvalue weighted by Gasteiger charge is 2.43. The summed E-state index contributed by atoms with van der Waals surface area (Å²) in [4.78, 5) is 26.5. The first kappa shape index (κ1) is 22.0. The number of nitrogens with one attached hydrogen (secondary N) is 1. The summed E-state index contributed by atoms with van der Waals surface area (Å²) < 4.78 is 16.5. The molecule has 1 aliphatic heterocycles. The van der Waals surface area contributed by atoms with E-state index in [0.717, 1.165) is 5.56 Å². The summed E-state index contributed by atoms with van der Waals surface area (Å²) in [6.45, 7) is 6.04. The van der Waals surface area contributed by atoms with Crippen LogP contribution in [0.2, 0.25) is 5.02 Å². The largest absolute Gasteiger partial charge is 0.491 e. The van der Waals surface area contributed by atoms with Gasteiger partial charge >= 0.3 is 5.97 Å². The molecule has 0 saturated carbocycles. The van der Waals surface area contributed by atoms with Crippen molar-refractivity contribution in [1.82, 2.24) is 5.32 Å². The summed E-state index contributed by atoms with van der Waals surface area (Å²) >= 11 is 6.53. The van der Waals surface area contributed by atoms with Gasteiger partial charge in [0.05, 0.1) is 36.6 Å². The molecule has 0 bridgehead atoms. The van der Waals surface area contributed by atoms with Crippen LogP contribution >= 0.6 is 11.6 Å². The van der Waals surface area contributed by atoms with E-state index < -0.39 is 11.9 Å². The quantitative estimate of drug-likeness (QED) is 0.628. The minimum Gasteiger partial charge on any atom is -0.491 e. The molecule has 0 spiro atoms. The van der Waals surface area contributed by atoms with E-state index in [1.165, 1.54) is 7.11 Å². The van der Waals surface area contributed by atoms with Crippen LogP contribution in [0.4, 0.5) is 0 Å². The summed E-state index contributed by atoms with van der Waals surface area (Å²) in [5.74, 6) is -0.440. The number of halogens is 1. The fraction of sp³-hybridized carbons (Fsp3) is 0.280. The maximum Gasteiger partial charge on any atom is 0.336 e. The number of rotatable bonds is 6. The van der Waals surface area contributed by atoms with Crippen LogP contribution in [0.5, 0.6) is 11.5 Å². The SMILES string of the molecule is CCOC(=O)C1=C(C)NC2=C(C(=O)c3ccccc32)C1c1cc(Cl)c(OC)c(OCC)c1. The van der Waals surface area contributed by atoms with Crippen molar-refractivity contribution in [2.75, 3.05) is 20.3 Å². The van der Waals surface area contributed by atoms with Crippen molar-refractivity contribution in [3.63, 3.8) is 0 Å². The second-order valence-corrected chi connectivity index (χ2v) is 7.85. The lowest BCUT2D eigenvalue weighted by Crippen LogP contribution is -2.29. The van der Waals surface area contributed by atoms with Gasteiger partial charge in [-0.15, -0.1) is 0 Å². The highest BCUT2D eigenvalue weighted by Crippen LogP contribution is 2.49. The second kappa shape index (κ2) is 8.71. The van der Waals surface area contributed by atoms with Crippen LogP contribution in [0.1, 0.15) is 48.2 Å². The Morgan fingerprint density at radius 1 is 1.12 bits per heavy atom. The molecule has 0 fully saturated rings. The third-order valence-electron chi connectivity index (χ3n) is 5.61. The molecule has 7 heteroatoms. The predicted molar refractivity (Wildman–Crippen MR) is 122 cm³/mol. The van der Waals surface area contributed by atoms with Crippen LogP contribution in [0, 0.1) is 0 Å². The molecule has 32 heavy (non-hydrogen) atoms. The maximum absolute atomic E-state index is 13.5. The summed E-state index contributed by atoms with van der Waals surface area (Å²) in [5.41, 5.74) is 4.24. The fourth-order valence-electron chi connectivity index (χ4n) is 4.36. The van der Waals surface area contributed by atoms with Crippen molar-refractivity contribution in [2.24, 2.45) is 0 Å². The minimum atomic E-state index is -0.673. The Morgan fingerprint density at radius 2 is 1.84 bits per heavy atom. The molecule has 0 aromatic heterocycles. The Morgan fingerprint density at radius 3 is 2.50 bits per heavy atom. The molecule has 6 nitrogen and oxygen atoms in total. The number of carbonyl (C=O) groups is 2. The summed E-state index contributed by atoms with van der Waals surface area (Å²) in [6.07, 6.45) is 0. The Kier molecular flexibility index (Phi) is 5.98. The minimum absolute atomic E-state index is 0.132. The number of allylic oxidation sites excluding steroid dienone is 2. The first-order valence-corrected chi connectivity index (χ1v) is 10.8. The molecule has 0 radical (unpaired) electrons. The number of carbonyl (C=O) groups excluding carboxylic acids is 2. The number of hydrogen-bond donors (Lipinski definition) is 1. The highest BCUT2D eigenvalue weighted by atomic mass is 35.5. The molecule has 2 aliphatic rings. The molecule has 1 aliphatic carbocycles. The first-order chi connectivity index (χ1) is 15.4. The van der Waals surface area contributed by atoms with Crippen LogP contribution in [-0.4, -0.2) is 32.1 Å². The van der Waals surface area contributed by atoms with Crippen molar-refractivity contribution in [3.8, 4) is 11.5 Å². The third-order valence-corrected chi connectivity index (χ3v) is 5.89.